The number of H-pyrrole nitrogens is 1. The van der Waals surface area contributed by atoms with Gasteiger partial charge in [-0.25, -0.2) is 0 Å². The van der Waals surface area contributed by atoms with Crippen LogP contribution in [0.5, 0.6) is 0 Å². The van der Waals surface area contributed by atoms with Crippen LogP contribution in [0.4, 0.5) is 25.2 Å². The summed E-state index contributed by atoms with van der Waals surface area (Å²) in [5, 5.41) is 2.61. The second-order valence-electron chi connectivity index (χ2n) is 5.14. The van der Waals surface area contributed by atoms with Crippen LogP contribution >= 0.6 is 7.81 Å². The van der Waals surface area contributed by atoms with Crippen LogP contribution in [0.15, 0.2) is 72.8 Å². The SMILES string of the molecule is F[P-](F)(F)(F)(F)F.[CH]1C=CC=C1.[Fe].c1ccc2c(c1)[nH]c1ccccc12. The van der Waals surface area contributed by atoms with Crippen molar-refractivity contribution in [2.24, 2.45) is 0 Å². The molecular weight excluding hydrogens is 419 g/mol. The molecule has 1 N–H and O–H groups in total. The van der Waals surface area contributed by atoms with E-state index in [0.717, 1.165) is 0 Å². The van der Waals surface area contributed by atoms with E-state index in [4.69, 9.17) is 0 Å². The number of benzene rings is 2. The van der Waals surface area contributed by atoms with E-state index in [1.165, 1.54) is 21.8 Å². The third-order valence-electron chi connectivity index (χ3n) is 2.97. The molecule has 1 radical (unpaired) electrons. The summed E-state index contributed by atoms with van der Waals surface area (Å²) in [5.74, 6) is 0. The van der Waals surface area contributed by atoms with Crippen molar-refractivity contribution in [1.82, 2.24) is 4.98 Å². The molecule has 26 heavy (non-hydrogen) atoms. The first-order valence-corrected chi connectivity index (χ1v) is 9.11. The normalized spacial score (nSPS) is 15.2. The molecule has 1 heterocycles. The Bertz CT molecular complexity index is 857. The summed E-state index contributed by atoms with van der Waals surface area (Å²) in [6.07, 6.45) is 10.0. The molecule has 0 bridgehead atoms. The van der Waals surface area contributed by atoms with Gasteiger partial charge in [-0.3, -0.25) is 0 Å². The number of fused-ring (bicyclic) bond motifs is 3. The number of halogens is 6. The van der Waals surface area contributed by atoms with Crippen molar-refractivity contribution in [2.45, 2.75) is 0 Å². The van der Waals surface area contributed by atoms with Crippen LogP contribution in [0, 0.1) is 6.42 Å². The second-order valence-corrected chi connectivity index (χ2v) is 7.05. The van der Waals surface area contributed by atoms with E-state index in [2.05, 4.69) is 53.5 Å². The molecule has 0 fully saturated rings. The number of rotatable bonds is 0. The van der Waals surface area contributed by atoms with Gasteiger partial charge < -0.3 is 4.98 Å². The van der Waals surface area contributed by atoms with Crippen LogP contribution in [0.1, 0.15) is 0 Å². The number of hydrogen-bond donors (Lipinski definition) is 1. The zero-order valence-electron chi connectivity index (χ0n) is 13.1. The van der Waals surface area contributed by atoms with Gasteiger partial charge >= 0.3 is 33.0 Å². The summed E-state index contributed by atoms with van der Waals surface area (Å²) < 4.78 is 59.2. The van der Waals surface area contributed by atoms with Gasteiger partial charge in [-0.15, -0.1) is 0 Å². The number of aromatic nitrogens is 1. The monoisotopic (exact) mass is 433 g/mol. The van der Waals surface area contributed by atoms with E-state index in [-0.39, 0.29) is 17.1 Å². The molecule has 1 aromatic heterocycles. The summed E-state index contributed by atoms with van der Waals surface area (Å²) in [5.41, 5.74) is 2.42. The van der Waals surface area contributed by atoms with Crippen LogP contribution in [0.2, 0.25) is 0 Å². The molecule has 0 unspecified atom stereocenters. The van der Waals surface area contributed by atoms with Crippen LogP contribution in [-0.2, 0) is 17.1 Å². The average molecular weight is 433 g/mol. The Morgan fingerprint density at radius 3 is 1.23 bits per heavy atom. The van der Waals surface area contributed by atoms with E-state index in [1.807, 2.05) is 30.7 Å². The topological polar surface area (TPSA) is 15.8 Å². The Morgan fingerprint density at radius 1 is 0.577 bits per heavy atom. The summed E-state index contributed by atoms with van der Waals surface area (Å²) >= 11 is 0. The minimum Gasteiger partial charge on any atom is -0.355 e. The molecule has 0 atom stereocenters. The molecule has 0 spiro atoms. The Labute approximate surface area is 156 Å². The molecule has 3 aromatic rings. The summed E-state index contributed by atoms with van der Waals surface area (Å²) in [4.78, 5) is 3.38. The molecule has 2 aromatic carbocycles. The van der Waals surface area contributed by atoms with Gasteiger partial charge in [0.05, 0.1) is 0 Å². The van der Waals surface area contributed by atoms with Gasteiger partial charge in [0.25, 0.3) is 0 Å². The maximum absolute atomic E-state index is 10.7. The fourth-order valence-electron chi connectivity index (χ4n) is 2.12. The number of hydrogen-bond acceptors (Lipinski definition) is 0. The van der Waals surface area contributed by atoms with Crippen molar-refractivity contribution >= 4 is 29.6 Å². The van der Waals surface area contributed by atoms with E-state index in [0.29, 0.717) is 0 Å². The molecule has 0 saturated heterocycles. The van der Waals surface area contributed by atoms with E-state index >= 15 is 0 Å². The first-order valence-electron chi connectivity index (χ1n) is 7.09. The van der Waals surface area contributed by atoms with Gasteiger partial charge in [-0.2, -0.15) is 0 Å². The number of nitrogens with one attached hydrogen (secondary N) is 1. The molecule has 4 rings (SSSR count). The van der Waals surface area contributed by atoms with Crippen molar-refractivity contribution in [3.8, 4) is 0 Å². The van der Waals surface area contributed by atoms with Crippen LogP contribution in [0.3, 0.4) is 0 Å². The van der Waals surface area contributed by atoms with Gasteiger partial charge in [0.15, 0.2) is 0 Å². The van der Waals surface area contributed by atoms with Crippen LogP contribution in [-0.4, -0.2) is 4.98 Å². The van der Waals surface area contributed by atoms with Crippen LogP contribution in [0.25, 0.3) is 21.8 Å². The van der Waals surface area contributed by atoms with Gasteiger partial charge in [0.2, 0.25) is 0 Å². The van der Waals surface area contributed by atoms with E-state index < -0.39 is 7.81 Å². The summed E-state index contributed by atoms with van der Waals surface area (Å²) in [7, 11) is -10.7. The van der Waals surface area contributed by atoms with E-state index in [9.17, 15) is 25.2 Å². The Balaban J connectivity index is 0.000000222. The smallest absolute Gasteiger partial charge is 0.0464 e. The minimum atomic E-state index is -10.7. The van der Waals surface area contributed by atoms with Gasteiger partial charge in [-0.05, 0) is 12.1 Å². The molecule has 0 saturated carbocycles. The van der Waals surface area contributed by atoms with Crippen molar-refractivity contribution in [1.29, 1.82) is 0 Å². The minimum absolute atomic E-state index is 0. The molecule has 143 valence electrons. The standard InChI is InChI=1S/C12H9N.C5H5.F6P.Fe/c1-3-7-11-9(5-1)10-6-2-4-8-12(10)13-11;1-2-4-5-3-1;1-7(2,3,4,5)6;/h1-8,13H;1-5H;;/q;;-1;. The fourth-order valence-corrected chi connectivity index (χ4v) is 2.12. The quantitative estimate of drug-likeness (QED) is 0.210. The fraction of sp³-hybridized carbons (Fsp3) is 0. The largest absolute Gasteiger partial charge is 0.355 e. The molecule has 9 heteroatoms. The average Bonchev–Trinajstić information content (AvgIpc) is 3.15. The Hall–Kier alpha value is -1.75. The zero-order valence-corrected chi connectivity index (χ0v) is 15.1. The van der Waals surface area contributed by atoms with Crippen molar-refractivity contribution in [3.05, 3.63) is 79.3 Å². The van der Waals surface area contributed by atoms with Crippen molar-refractivity contribution < 1.29 is 42.3 Å². The Kier molecular flexibility index (Phi) is 6.41. The number of allylic oxidation sites excluding steroid dienone is 4. The molecule has 1 nitrogen and oxygen atoms in total. The zero-order chi connectivity index (χ0) is 18.6. The number of aromatic amines is 1. The van der Waals surface area contributed by atoms with Gasteiger partial charge in [-0.1, -0.05) is 60.7 Å². The van der Waals surface area contributed by atoms with Crippen LogP contribution < -0.4 is 0 Å². The maximum Gasteiger partial charge on any atom is 0.0464 e. The van der Waals surface area contributed by atoms with Gasteiger partial charge in [0, 0.05) is 45.3 Å². The summed E-state index contributed by atoms with van der Waals surface area (Å²) in [6.45, 7) is 0. The molecule has 0 aliphatic heterocycles. The van der Waals surface area contributed by atoms with E-state index in [1.54, 1.807) is 0 Å². The van der Waals surface area contributed by atoms with Crippen molar-refractivity contribution in [2.75, 3.05) is 0 Å². The first kappa shape index (κ1) is 22.3. The van der Waals surface area contributed by atoms with Gasteiger partial charge in [0.1, 0.15) is 0 Å². The molecule has 0 amide bonds. The maximum atomic E-state index is 9.87. The molecule has 1 aliphatic rings. The third kappa shape index (κ3) is 9.09. The van der Waals surface area contributed by atoms with Crippen molar-refractivity contribution in [3.63, 3.8) is 0 Å². The first-order chi connectivity index (χ1) is 11.4. The number of para-hydroxylation sites is 2. The predicted octanol–water partition coefficient (Wildman–Crippen LogP) is 8.02. The molecule has 1 aliphatic carbocycles. The predicted molar refractivity (Wildman–Crippen MR) is 92.0 cm³/mol. The second kappa shape index (κ2) is 7.47. The Morgan fingerprint density at radius 2 is 0.923 bits per heavy atom. The third-order valence-corrected chi connectivity index (χ3v) is 2.97. The summed E-state index contributed by atoms with van der Waals surface area (Å²) in [6, 6.07) is 16.8. The molecular formula is C17H14F6FeNP-.